The van der Waals surface area contributed by atoms with Crippen molar-refractivity contribution in [2.45, 2.75) is 6.42 Å². The van der Waals surface area contributed by atoms with E-state index in [2.05, 4.69) is 17.4 Å². The van der Waals surface area contributed by atoms with Gasteiger partial charge in [-0.1, -0.05) is 30.3 Å². The number of phenols is 1. The van der Waals surface area contributed by atoms with Crippen LogP contribution in [0.25, 0.3) is 11.3 Å². The van der Waals surface area contributed by atoms with Crippen LogP contribution < -0.4 is 19.6 Å². The van der Waals surface area contributed by atoms with Crippen LogP contribution in [0.2, 0.25) is 0 Å². The zero-order valence-electron chi connectivity index (χ0n) is 19.5. The number of amides is 1. The largest absolute Gasteiger partial charge is 0.504 e. The third-order valence-electron chi connectivity index (χ3n) is 5.61. The van der Waals surface area contributed by atoms with Gasteiger partial charge in [0.2, 0.25) is 4.80 Å². The van der Waals surface area contributed by atoms with Gasteiger partial charge in [0.15, 0.2) is 18.1 Å². The van der Waals surface area contributed by atoms with Crippen LogP contribution in [-0.2, 0) is 11.2 Å². The second kappa shape index (κ2) is 10.5. The van der Waals surface area contributed by atoms with E-state index in [4.69, 9.17) is 19.6 Å². The van der Waals surface area contributed by atoms with Crippen molar-refractivity contribution >= 4 is 29.1 Å². The Morgan fingerprint density at radius 3 is 2.83 bits per heavy atom. The highest BCUT2D eigenvalue weighted by Crippen LogP contribution is 2.33. The average molecular weight is 501 g/mol. The van der Waals surface area contributed by atoms with Crippen LogP contribution in [0.5, 0.6) is 17.2 Å². The lowest BCUT2D eigenvalue weighted by molar-refractivity contribution is -0.118. The minimum absolute atomic E-state index is 0.00817. The molecule has 3 aromatic carbocycles. The van der Waals surface area contributed by atoms with E-state index in [1.807, 2.05) is 47.8 Å². The van der Waals surface area contributed by atoms with Gasteiger partial charge in [-0.3, -0.25) is 9.79 Å². The van der Waals surface area contributed by atoms with Gasteiger partial charge in [-0.15, -0.1) is 11.3 Å². The van der Waals surface area contributed by atoms with Gasteiger partial charge in [-0.2, -0.15) is 5.10 Å². The number of aromatic hydroxyl groups is 1. The highest BCUT2D eigenvalue weighted by molar-refractivity contribution is 7.07. The number of carbonyl (C=O) groups excluding carboxylic acids is 1. The summed E-state index contributed by atoms with van der Waals surface area (Å²) in [6, 6.07) is 20.9. The third kappa shape index (κ3) is 5.16. The van der Waals surface area contributed by atoms with Crippen LogP contribution >= 0.6 is 11.3 Å². The summed E-state index contributed by atoms with van der Waals surface area (Å²) in [4.78, 5) is 17.3. The summed E-state index contributed by atoms with van der Waals surface area (Å²) in [6.07, 6.45) is 2.47. The first-order valence-corrected chi connectivity index (χ1v) is 12.2. The number of aromatic nitrogens is 1. The quantitative estimate of drug-likeness (QED) is 0.370. The van der Waals surface area contributed by atoms with Gasteiger partial charge in [0, 0.05) is 17.5 Å². The van der Waals surface area contributed by atoms with E-state index in [-0.39, 0.29) is 18.3 Å². The lowest BCUT2D eigenvalue weighted by atomic mass is 10.1. The molecule has 0 aliphatic carbocycles. The zero-order valence-corrected chi connectivity index (χ0v) is 20.4. The number of anilines is 1. The molecule has 1 amide bonds. The maximum absolute atomic E-state index is 11.8. The molecule has 1 aromatic heterocycles. The van der Waals surface area contributed by atoms with Gasteiger partial charge in [0.05, 0.1) is 24.7 Å². The highest BCUT2D eigenvalue weighted by Gasteiger charge is 2.18. The highest BCUT2D eigenvalue weighted by atomic mass is 32.1. The number of methoxy groups -OCH3 is 1. The van der Waals surface area contributed by atoms with Crippen molar-refractivity contribution in [2.24, 2.45) is 10.1 Å². The molecule has 0 bridgehead atoms. The van der Waals surface area contributed by atoms with Crippen LogP contribution in [0, 0.1) is 0 Å². The van der Waals surface area contributed by atoms with Crippen LogP contribution in [0.4, 0.5) is 5.69 Å². The number of hydrogen-bond donors (Lipinski definition) is 2. The molecule has 0 saturated heterocycles. The van der Waals surface area contributed by atoms with E-state index in [0.717, 1.165) is 22.5 Å². The number of nitrogens with one attached hydrogen (secondary N) is 1. The van der Waals surface area contributed by atoms with Gasteiger partial charge in [-0.25, -0.2) is 4.68 Å². The molecule has 0 spiro atoms. The monoisotopic (exact) mass is 500 g/mol. The zero-order chi connectivity index (χ0) is 24.9. The van der Waals surface area contributed by atoms with Gasteiger partial charge in [-0.05, 0) is 53.9 Å². The Hall–Kier alpha value is -4.37. The van der Waals surface area contributed by atoms with Crippen molar-refractivity contribution in [1.29, 1.82) is 0 Å². The smallest absolute Gasteiger partial charge is 0.262 e. The average Bonchev–Trinajstić information content (AvgIpc) is 3.30. The number of rotatable bonds is 7. The summed E-state index contributed by atoms with van der Waals surface area (Å²) in [5.74, 6) is 0.873. The summed E-state index contributed by atoms with van der Waals surface area (Å²) in [6.45, 7) is 0.616. The number of ether oxygens (including phenoxy) is 2. The second-order valence-corrected chi connectivity index (χ2v) is 8.89. The molecule has 9 heteroatoms. The molecule has 1 aliphatic heterocycles. The van der Waals surface area contributed by atoms with E-state index < -0.39 is 0 Å². The van der Waals surface area contributed by atoms with E-state index in [1.54, 1.807) is 23.0 Å². The molecule has 2 N–H and O–H groups in total. The van der Waals surface area contributed by atoms with E-state index in [1.165, 1.54) is 24.0 Å². The Kier molecular flexibility index (Phi) is 6.81. The number of fused-ring (bicyclic) bond motifs is 1. The molecule has 1 aliphatic rings. The Morgan fingerprint density at radius 1 is 1.17 bits per heavy atom. The fraction of sp³-hybridized carbons (Fsp3) is 0.148. The molecule has 0 atom stereocenters. The summed E-state index contributed by atoms with van der Waals surface area (Å²) >= 11 is 1.48. The minimum Gasteiger partial charge on any atom is -0.504 e. The minimum atomic E-state index is -0.188. The van der Waals surface area contributed by atoms with E-state index in [9.17, 15) is 9.90 Å². The van der Waals surface area contributed by atoms with Gasteiger partial charge < -0.3 is 19.9 Å². The molecule has 5 rings (SSSR count). The molecule has 182 valence electrons. The van der Waals surface area contributed by atoms with Crippen molar-refractivity contribution in [1.82, 2.24) is 4.68 Å². The number of thiazole rings is 1. The Bertz CT molecular complexity index is 1490. The van der Waals surface area contributed by atoms with Gasteiger partial charge in [0.25, 0.3) is 5.91 Å². The lowest BCUT2D eigenvalue weighted by Gasteiger charge is -2.18. The number of benzene rings is 3. The first kappa shape index (κ1) is 23.4. The second-order valence-electron chi connectivity index (χ2n) is 8.06. The van der Waals surface area contributed by atoms with Crippen molar-refractivity contribution in [3.05, 3.63) is 88.0 Å². The Morgan fingerprint density at radius 2 is 2.03 bits per heavy atom. The normalized spacial score (nSPS) is 13.4. The van der Waals surface area contributed by atoms with Crippen LogP contribution in [0.3, 0.4) is 0 Å². The Labute approximate surface area is 211 Å². The van der Waals surface area contributed by atoms with Crippen molar-refractivity contribution < 1.29 is 19.4 Å². The molecular formula is C27H24N4O4S. The molecule has 8 nitrogen and oxygen atoms in total. The van der Waals surface area contributed by atoms with Gasteiger partial charge >= 0.3 is 0 Å². The SMILES string of the molecule is COc1ccc(C=Nn2c(-c3ccc4c(c3)NC(=O)CO4)csc2=NCCc2ccccc2)cc1O. The third-order valence-corrected chi connectivity index (χ3v) is 6.46. The van der Waals surface area contributed by atoms with Crippen molar-refractivity contribution in [3.63, 3.8) is 0 Å². The standard InChI is InChI=1S/C27H24N4O4S/c1-34-25-9-7-19(13-23(25)32)15-29-31-22(20-8-10-24-21(14-20)30-26(33)16-35-24)17-36-27(31)28-12-11-18-5-3-2-4-6-18/h2-10,13-15,17,32H,11-12,16H2,1H3,(H,30,33). The van der Waals surface area contributed by atoms with Crippen molar-refractivity contribution in [3.8, 4) is 28.5 Å². The fourth-order valence-electron chi connectivity index (χ4n) is 3.80. The number of nitrogens with zero attached hydrogens (tertiary/aromatic N) is 3. The predicted octanol–water partition coefficient (Wildman–Crippen LogP) is 4.29. The molecule has 0 saturated carbocycles. The number of phenolic OH excluding ortho intramolecular Hbond substituents is 1. The number of hydrogen-bond acceptors (Lipinski definition) is 7. The molecule has 36 heavy (non-hydrogen) atoms. The molecule has 0 radical (unpaired) electrons. The van der Waals surface area contributed by atoms with Gasteiger partial charge in [0.1, 0.15) is 5.75 Å². The lowest BCUT2D eigenvalue weighted by Crippen LogP contribution is -2.25. The Balaban J connectivity index is 1.51. The molecule has 0 fully saturated rings. The molecular weight excluding hydrogens is 476 g/mol. The van der Waals surface area contributed by atoms with Crippen LogP contribution in [0.15, 0.2) is 82.2 Å². The van der Waals surface area contributed by atoms with Crippen molar-refractivity contribution in [2.75, 3.05) is 25.6 Å². The summed E-state index contributed by atoms with van der Waals surface area (Å²) in [5, 5.41) is 19.7. The first-order valence-electron chi connectivity index (χ1n) is 11.3. The summed E-state index contributed by atoms with van der Waals surface area (Å²) < 4.78 is 12.4. The maximum atomic E-state index is 11.8. The molecule has 4 aromatic rings. The van der Waals surface area contributed by atoms with Crippen LogP contribution in [-0.4, -0.2) is 42.2 Å². The summed E-state index contributed by atoms with van der Waals surface area (Å²) in [5.41, 5.74) is 4.21. The number of carbonyl (C=O) groups is 1. The fourth-order valence-corrected chi connectivity index (χ4v) is 4.66. The van der Waals surface area contributed by atoms with Crippen LogP contribution in [0.1, 0.15) is 11.1 Å². The summed E-state index contributed by atoms with van der Waals surface area (Å²) in [7, 11) is 1.51. The van der Waals surface area contributed by atoms with E-state index >= 15 is 0 Å². The maximum Gasteiger partial charge on any atom is 0.262 e. The first-order chi connectivity index (χ1) is 17.6. The topological polar surface area (TPSA) is 97.4 Å². The molecule has 2 heterocycles. The molecule has 0 unspecified atom stereocenters. The van der Waals surface area contributed by atoms with E-state index in [0.29, 0.717) is 29.3 Å². The predicted molar refractivity (Wildman–Crippen MR) is 140 cm³/mol.